The largest absolute Gasteiger partial charge is 0.480 e. The molecule has 25 heavy (non-hydrogen) atoms. The van der Waals surface area contributed by atoms with E-state index in [4.69, 9.17) is 0 Å². The number of aliphatic carboxylic acids is 1. The van der Waals surface area contributed by atoms with Gasteiger partial charge in [0.15, 0.2) is 0 Å². The van der Waals surface area contributed by atoms with Gasteiger partial charge in [0.2, 0.25) is 0 Å². The molecule has 0 amide bonds. The summed E-state index contributed by atoms with van der Waals surface area (Å²) in [7, 11) is 0. The molecule has 4 rings (SSSR count). The van der Waals surface area contributed by atoms with Gasteiger partial charge in [-0.3, -0.25) is 9.69 Å². The molecule has 0 spiro atoms. The molecule has 0 aromatic heterocycles. The quantitative estimate of drug-likeness (QED) is 0.721. The van der Waals surface area contributed by atoms with Crippen LogP contribution in [0.5, 0.6) is 0 Å². The second-order valence-corrected chi connectivity index (χ2v) is 6.87. The molecule has 128 valence electrons. The first kappa shape index (κ1) is 16.1. The molecule has 1 heterocycles. The fraction of sp³-hybridized carbons (Fsp3) is 0.286. The summed E-state index contributed by atoms with van der Waals surface area (Å²) in [5.41, 5.74) is 2.38. The first-order valence-corrected chi connectivity index (χ1v) is 8.60. The molecule has 0 bridgehead atoms. The van der Waals surface area contributed by atoms with Crippen molar-refractivity contribution in [3.8, 4) is 0 Å². The lowest BCUT2D eigenvalue weighted by molar-refractivity contribution is -0.142. The van der Waals surface area contributed by atoms with E-state index in [1.807, 2.05) is 29.2 Å². The number of aliphatic hydroxyl groups excluding tert-OH is 1. The molecule has 1 aliphatic rings. The van der Waals surface area contributed by atoms with Gasteiger partial charge in [-0.1, -0.05) is 48.5 Å². The molecule has 4 heteroatoms. The van der Waals surface area contributed by atoms with Crippen molar-refractivity contribution in [1.29, 1.82) is 0 Å². The number of hydrogen-bond acceptors (Lipinski definition) is 3. The average molecular weight is 335 g/mol. The summed E-state index contributed by atoms with van der Waals surface area (Å²) in [6, 6.07) is 15.9. The summed E-state index contributed by atoms with van der Waals surface area (Å²) in [4.78, 5) is 13.5. The third kappa shape index (κ3) is 2.68. The zero-order valence-corrected chi connectivity index (χ0v) is 14.1. The Kier molecular flexibility index (Phi) is 3.94. The highest BCUT2D eigenvalue weighted by atomic mass is 16.4. The summed E-state index contributed by atoms with van der Waals surface area (Å²) < 4.78 is 0. The van der Waals surface area contributed by atoms with Crippen LogP contribution in [0.15, 0.2) is 48.5 Å². The van der Waals surface area contributed by atoms with E-state index >= 15 is 0 Å². The van der Waals surface area contributed by atoms with Gasteiger partial charge in [0.25, 0.3) is 0 Å². The molecule has 4 nitrogen and oxygen atoms in total. The Labute approximate surface area is 146 Å². The number of β-amino-alcohol motifs (C(OH)–C–C–N with tert-alkyl or cyclic N) is 1. The van der Waals surface area contributed by atoms with Gasteiger partial charge in [-0.2, -0.15) is 0 Å². The molecule has 3 aromatic carbocycles. The van der Waals surface area contributed by atoms with E-state index in [0.29, 0.717) is 13.1 Å². The van der Waals surface area contributed by atoms with Crippen molar-refractivity contribution in [1.82, 2.24) is 4.90 Å². The first-order valence-electron chi connectivity index (χ1n) is 8.60. The Morgan fingerprint density at radius 3 is 2.08 bits per heavy atom. The minimum absolute atomic E-state index is 0.289. The lowest BCUT2D eigenvalue weighted by Crippen LogP contribution is -2.35. The van der Waals surface area contributed by atoms with Crippen LogP contribution < -0.4 is 0 Å². The number of hydrogen-bond donors (Lipinski definition) is 2. The van der Waals surface area contributed by atoms with E-state index in [1.54, 1.807) is 0 Å². The second kappa shape index (κ2) is 6.14. The van der Waals surface area contributed by atoms with Gasteiger partial charge in [0.1, 0.15) is 6.04 Å². The Bertz CT molecular complexity index is 909. The smallest absolute Gasteiger partial charge is 0.321 e. The van der Waals surface area contributed by atoms with Crippen molar-refractivity contribution in [2.75, 3.05) is 6.54 Å². The van der Waals surface area contributed by atoms with Gasteiger partial charge in [-0.15, -0.1) is 0 Å². The van der Waals surface area contributed by atoms with Crippen LogP contribution in [0.1, 0.15) is 17.5 Å². The summed E-state index contributed by atoms with van der Waals surface area (Å²) in [6.07, 6.45) is -0.291. The Morgan fingerprint density at radius 2 is 1.56 bits per heavy atom. The molecule has 2 N–H and O–H groups in total. The lowest BCUT2D eigenvalue weighted by Gasteiger charge is -2.23. The number of rotatable bonds is 3. The van der Waals surface area contributed by atoms with Gasteiger partial charge in [0.05, 0.1) is 6.10 Å². The van der Waals surface area contributed by atoms with E-state index in [1.165, 1.54) is 16.3 Å². The van der Waals surface area contributed by atoms with Crippen LogP contribution >= 0.6 is 0 Å². The number of aliphatic hydroxyl groups is 1. The van der Waals surface area contributed by atoms with E-state index in [-0.39, 0.29) is 6.42 Å². The van der Waals surface area contributed by atoms with Crippen LogP contribution in [0.3, 0.4) is 0 Å². The van der Waals surface area contributed by atoms with E-state index in [9.17, 15) is 15.0 Å². The number of fused-ring (bicyclic) bond motifs is 2. The predicted molar refractivity (Wildman–Crippen MR) is 98.6 cm³/mol. The molecule has 1 fully saturated rings. The van der Waals surface area contributed by atoms with Gasteiger partial charge >= 0.3 is 5.97 Å². The summed E-state index contributed by atoms with van der Waals surface area (Å²) in [6.45, 7) is 3.05. The molecule has 1 aliphatic heterocycles. The molecule has 0 radical (unpaired) electrons. The van der Waals surface area contributed by atoms with Crippen molar-refractivity contribution < 1.29 is 15.0 Å². The highest BCUT2D eigenvalue weighted by Crippen LogP contribution is 2.34. The minimum atomic E-state index is -0.864. The highest BCUT2D eigenvalue weighted by molar-refractivity contribution is 6.05. The van der Waals surface area contributed by atoms with Crippen LogP contribution in [-0.4, -0.2) is 39.8 Å². The summed E-state index contributed by atoms with van der Waals surface area (Å²) in [5, 5.41) is 24.2. The number of nitrogens with zero attached hydrogens (tertiary/aromatic N) is 1. The average Bonchev–Trinajstić information content (AvgIpc) is 2.99. The molecule has 2 atom stereocenters. The fourth-order valence-corrected chi connectivity index (χ4v) is 4.12. The van der Waals surface area contributed by atoms with Gasteiger partial charge in [-0.05, 0) is 39.6 Å². The number of benzene rings is 3. The zero-order chi connectivity index (χ0) is 17.6. The van der Waals surface area contributed by atoms with Crippen molar-refractivity contribution in [2.24, 2.45) is 0 Å². The first-order chi connectivity index (χ1) is 12.1. The number of carbonyl (C=O) groups is 1. The third-order valence-corrected chi connectivity index (χ3v) is 5.34. The topological polar surface area (TPSA) is 60.8 Å². The van der Waals surface area contributed by atoms with Gasteiger partial charge < -0.3 is 10.2 Å². The summed E-state index contributed by atoms with van der Waals surface area (Å²) in [5.74, 6) is -0.864. The maximum absolute atomic E-state index is 11.6. The van der Waals surface area contributed by atoms with Gasteiger partial charge in [0, 0.05) is 19.5 Å². The highest BCUT2D eigenvalue weighted by Gasteiger charge is 2.36. The second-order valence-electron chi connectivity index (χ2n) is 6.87. The SMILES string of the molecule is Cc1c2ccccc2c(CN2CC(O)CC2C(=O)O)c2ccccc12. The van der Waals surface area contributed by atoms with Crippen LogP contribution in [0.4, 0.5) is 0 Å². The maximum Gasteiger partial charge on any atom is 0.321 e. The molecule has 0 aliphatic carbocycles. The number of aryl methyl sites for hydroxylation is 1. The summed E-state index contributed by atoms with van der Waals surface area (Å²) >= 11 is 0. The molecule has 0 saturated carbocycles. The van der Waals surface area contributed by atoms with Crippen molar-refractivity contribution in [2.45, 2.75) is 32.0 Å². The lowest BCUT2D eigenvalue weighted by atomic mass is 9.92. The van der Waals surface area contributed by atoms with Crippen molar-refractivity contribution in [3.05, 3.63) is 59.7 Å². The Morgan fingerprint density at radius 1 is 1.04 bits per heavy atom. The standard InChI is InChI=1S/C21H21NO3/c1-13-15-6-2-4-8-17(15)19(18-9-5-3-7-16(13)18)12-22-11-14(23)10-20(22)21(24)25/h2-9,14,20,23H,10-12H2,1H3,(H,24,25). The van der Waals surface area contributed by atoms with E-state index in [2.05, 4.69) is 31.2 Å². The van der Waals surface area contributed by atoms with E-state index < -0.39 is 18.1 Å². The van der Waals surface area contributed by atoms with Gasteiger partial charge in [-0.25, -0.2) is 0 Å². The number of carboxylic acids is 1. The number of likely N-dealkylation sites (tertiary alicyclic amines) is 1. The maximum atomic E-state index is 11.6. The van der Waals surface area contributed by atoms with Crippen LogP contribution in [0.25, 0.3) is 21.5 Å². The van der Waals surface area contributed by atoms with Crippen molar-refractivity contribution in [3.63, 3.8) is 0 Å². The monoisotopic (exact) mass is 335 g/mol. The molecular formula is C21H21NO3. The van der Waals surface area contributed by atoms with Crippen LogP contribution in [0.2, 0.25) is 0 Å². The fourth-order valence-electron chi connectivity index (χ4n) is 4.12. The molecule has 1 saturated heterocycles. The zero-order valence-electron chi connectivity index (χ0n) is 14.1. The normalized spacial score (nSPS) is 21.2. The molecule has 2 unspecified atom stereocenters. The van der Waals surface area contributed by atoms with Crippen molar-refractivity contribution >= 4 is 27.5 Å². The number of carboxylic acid groups (broad SMARTS) is 1. The van der Waals surface area contributed by atoms with Crippen LogP contribution in [0, 0.1) is 6.92 Å². The molecule has 3 aromatic rings. The van der Waals surface area contributed by atoms with E-state index in [0.717, 1.165) is 16.3 Å². The van der Waals surface area contributed by atoms with Crippen LogP contribution in [-0.2, 0) is 11.3 Å². The Hall–Kier alpha value is -2.43. The molecular weight excluding hydrogens is 314 g/mol. The third-order valence-electron chi connectivity index (χ3n) is 5.34. The Balaban J connectivity index is 1.91. The minimum Gasteiger partial charge on any atom is -0.480 e. The predicted octanol–water partition coefficient (Wildman–Crippen LogP) is 3.32.